The molecule has 0 spiro atoms. The highest BCUT2D eigenvalue weighted by atomic mass is 32.2. The van der Waals surface area contributed by atoms with E-state index in [1.165, 1.54) is 48.5 Å². The highest BCUT2D eigenvalue weighted by molar-refractivity contribution is 7.97. The molecule has 150 valence electrons. The number of nitrogens with zero attached hydrogens (tertiary/aromatic N) is 1. The molecule has 3 nitrogen and oxygen atoms in total. The SMILES string of the molecule is CCSNC1CCCCC1.CNc1ccc(-n2cccc2)c(C(F)(F)F)c1. The van der Waals surface area contributed by atoms with Gasteiger partial charge in [0.05, 0.1) is 11.3 Å². The predicted octanol–water partition coefficient (Wildman–Crippen LogP) is 6.11. The van der Waals surface area contributed by atoms with Crippen LogP contribution in [0.1, 0.15) is 44.6 Å². The number of anilines is 1. The lowest BCUT2D eigenvalue weighted by molar-refractivity contribution is -0.137. The van der Waals surface area contributed by atoms with Gasteiger partial charge in [-0.1, -0.05) is 38.1 Å². The van der Waals surface area contributed by atoms with E-state index in [4.69, 9.17) is 0 Å². The van der Waals surface area contributed by atoms with Crippen molar-refractivity contribution in [3.8, 4) is 5.69 Å². The lowest BCUT2D eigenvalue weighted by Gasteiger charge is -2.21. The predicted molar refractivity (Wildman–Crippen MR) is 108 cm³/mol. The zero-order chi connectivity index (χ0) is 19.7. The van der Waals surface area contributed by atoms with Crippen molar-refractivity contribution in [1.82, 2.24) is 9.29 Å². The average molecular weight is 400 g/mol. The first kappa shape index (κ1) is 21.7. The first-order valence-electron chi connectivity index (χ1n) is 9.35. The van der Waals surface area contributed by atoms with E-state index in [1.54, 1.807) is 37.6 Å². The summed E-state index contributed by atoms with van der Waals surface area (Å²) in [6, 6.07) is 8.37. The molecule has 27 heavy (non-hydrogen) atoms. The molecule has 0 aliphatic heterocycles. The van der Waals surface area contributed by atoms with Crippen molar-refractivity contribution in [1.29, 1.82) is 0 Å². The van der Waals surface area contributed by atoms with Gasteiger partial charge >= 0.3 is 6.18 Å². The molecule has 0 radical (unpaired) electrons. The maximum atomic E-state index is 12.9. The number of hydrogen-bond acceptors (Lipinski definition) is 3. The Morgan fingerprint density at radius 2 is 1.78 bits per heavy atom. The molecule has 2 N–H and O–H groups in total. The first-order valence-corrected chi connectivity index (χ1v) is 10.3. The molecule has 1 aliphatic rings. The topological polar surface area (TPSA) is 29.0 Å². The van der Waals surface area contributed by atoms with Crippen molar-refractivity contribution in [2.45, 2.75) is 51.2 Å². The van der Waals surface area contributed by atoms with Gasteiger partial charge in [-0.15, -0.1) is 0 Å². The van der Waals surface area contributed by atoms with Crippen LogP contribution in [-0.2, 0) is 6.18 Å². The smallest absolute Gasteiger partial charge is 0.388 e. The fourth-order valence-corrected chi connectivity index (χ4v) is 3.70. The second-order valence-corrected chi connectivity index (χ2v) is 7.56. The van der Waals surface area contributed by atoms with Gasteiger partial charge in [0.15, 0.2) is 0 Å². The van der Waals surface area contributed by atoms with Crippen molar-refractivity contribution in [2.24, 2.45) is 0 Å². The van der Waals surface area contributed by atoms with Crippen LogP contribution in [0, 0.1) is 0 Å². The first-order chi connectivity index (χ1) is 13.0. The molecule has 0 saturated heterocycles. The summed E-state index contributed by atoms with van der Waals surface area (Å²) in [6.07, 6.45) is 5.92. The summed E-state index contributed by atoms with van der Waals surface area (Å²) >= 11 is 1.86. The van der Waals surface area contributed by atoms with Crippen LogP contribution >= 0.6 is 11.9 Å². The molecule has 0 amide bonds. The van der Waals surface area contributed by atoms with Crippen LogP contribution in [0.25, 0.3) is 5.69 Å². The summed E-state index contributed by atoms with van der Waals surface area (Å²) in [5, 5.41) is 2.70. The molecular formula is C20H28F3N3S. The van der Waals surface area contributed by atoms with E-state index in [2.05, 4.69) is 17.0 Å². The number of benzene rings is 1. The largest absolute Gasteiger partial charge is 0.418 e. The molecule has 0 bridgehead atoms. The Bertz CT molecular complexity index is 666. The van der Waals surface area contributed by atoms with Crippen LogP contribution in [0.2, 0.25) is 0 Å². The summed E-state index contributed by atoms with van der Waals surface area (Å²) in [7, 11) is 1.59. The molecule has 0 unspecified atom stereocenters. The summed E-state index contributed by atoms with van der Waals surface area (Å²) in [6.45, 7) is 2.19. The van der Waals surface area contributed by atoms with Gasteiger partial charge in [-0.25, -0.2) is 0 Å². The second kappa shape index (κ2) is 10.7. The summed E-state index contributed by atoms with van der Waals surface area (Å²) in [5.74, 6) is 1.19. The van der Waals surface area contributed by atoms with Gasteiger partial charge in [0, 0.05) is 36.9 Å². The van der Waals surface area contributed by atoms with E-state index in [1.807, 2.05) is 11.9 Å². The standard InChI is InChI=1S/C12H11F3N2.C8H17NS/c1-16-9-4-5-11(17-6-2-3-7-17)10(8-9)12(13,14)15;1-2-10-9-8-6-4-3-5-7-8/h2-8,16H,1H3;8-9H,2-7H2,1H3. The molecule has 1 aromatic carbocycles. The van der Waals surface area contributed by atoms with E-state index in [-0.39, 0.29) is 5.69 Å². The molecule has 1 heterocycles. The van der Waals surface area contributed by atoms with Gasteiger partial charge in [-0.3, -0.25) is 4.72 Å². The van der Waals surface area contributed by atoms with Gasteiger partial charge in [0.1, 0.15) is 0 Å². The lowest BCUT2D eigenvalue weighted by atomic mass is 9.96. The van der Waals surface area contributed by atoms with Crippen LogP contribution in [-0.4, -0.2) is 23.4 Å². The number of nitrogens with one attached hydrogen (secondary N) is 2. The molecule has 2 aromatic rings. The van der Waals surface area contributed by atoms with E-state index >= 15 is 0 Å². The van der Waals surface area contributed by atoms with Gasteiger partial charge in [0.2, 0.25) is 0 Å². The quantitative estimate of drug-likeness (QED) is 0.594. The minimum Gasteiger partial charge on any atom is -0.388 e. The normalized spacial score (nSPS) is 15.1. The van der Waals surface area contributed by atoms with Gasteiger partial charge in [0.25, 0.3) is 0 Å². The third kappa shape index (κ3) is 6.81. The maximum Gasteiger partial charge on any atom is 0.418 e. The number of hydrogen-bond donors (Lipinski definition) is 2. The van der Waals surface area contributed by atoms with E-state index in [9.17, 15) is 13.2 Å². The zero-order valence-corrected chi connectivity index (χ0v) is 16.7. The van der Waals surface area contributed by atoms with Crippen molar-refractivity contribution in [3.63, 3.8) is 0 Å². The summed E-state index contributed by atoms with van der Waals surface area (Å²) in [4.78, 5) is 0. The Labute approximate surface area is 163 Å². The molecule has 1 fully saturated rings. The van der Waals surface area contributed by atoms with Crippen LogP contribution in [0.5, 0.6) is 0 Å². The summed E-state index contributed by atoms with van der Waals surface area (Å²) in [5.41, 5.74) is -0.0877. The number of halogens is 3. The fraction of sp³-hybridized carbons (Fsp3) is 0.500. The third-order valence-electron chi connectivity index (χ3n) is 4.47. The third-order valence-corrected chi connectivity index (χ3v) is 5.26. The van der Waals surface area contributed by atoms with Gasteiger partial charge in [-0.05, 0) is 43.2 Å². The average Bonchev–Trinajstić information content (AvgIpc) is 3.21. The van der Waals surface area contributed by atoms with Crippen LogP contribution in [0.3, 0.4) is 0 Å². The monoisotopic (exact) mass is 399 g/mol. The van der Waals surface area contributed by atoms with Crippen LogP contribution < -0.4 is 10.0 Å². The molecule has 1 aromatic heterocycles. The van der Waals surface area contributed by atoms with Crippen LogP contribution in [0.15, 0.2) is 42.7 Å². The minimum atomic E-state index is -4.37. The molecule has 0 atom stereocenters. The highest BCUT2D eigenvalue weighted by Gasteiger charge is 2.34. The van der Waals surface area contributed by atoms with Crippen molar-refractivity contribution in [2.75, 3.05) is 18.1 Å². The zero-order valence-electron chi connectivity index (χ0n) is 15.9. The van der Waals surface area contributed by atoms with Gasteiger partial charge < -0.3 is 9.88 Å². The second-order valence-electron chi connectivity index (χ2n) is 6.46. The Balaban J connectivity index is 0.000000223. The highest BCUT2D eigenvalue weighted by Crippen LogP contribution is 2.35. The Hall–Kier alpha value is -1.60. The Kier molecular flexibility index (Phi) is 8.57. The number of alkyl halides is 3. The molecule has 1 aliphatic carbocycles. The number of rotatable bonds is 5. The number of aromatic nitrogens is 1. The minimum absolute atomic E-state index is 0.126. The van der Waals surface area contributed by atoms with Crippen LogP contribution in [0.4, 0.5) is 18.9 Å². The fourth-order valence-electron chi connectivity index (χ4n) is 3.06. The molecule has 1 saturated carbocycles. The van der Waals surface area contributed by atoms with E-state index < -0.39 is 11.7 Å². The summed E-state index contributed by atoms with van der Waals surface area (Å²) < 4.78 is 43.7. The Morgan fingerprint density at radius 1 is 1.11 bits per heavy atom. The molecule has 7 heteroatoms. The lowest BCUT2D eigenvalue weighted by Crippen LogP contribution is -2.25. The van der Waals surface area contributed by atoms with Gasteiger partial charge in [-0.2, -0.15) is 13.2 Å². The maximum absolute atomic E-state index is 12.9. The van der Waals surface area contributed by atoms with E-state index in [0.29, 0.717) is 5.69 Å². The molecule has 3 rings (SSSR count). The Morgan fingerprint density at radius 3 is 2.33 bits per heavy atom. The molecular weight excluding hydrogens is 371 g/mol. The van der Waals surface area contributed by atoms with Crippen molar-refractivity contribution < 1.29 is 13.2 Å². The van der Waals surface area contributed by atoms with Crippen molar-refractivity contribution >= 4 is 17.6 Å². The van der Waals surface area contributed by atoms with E-state index in [0.717, 1.165) is 12.1 Å². The van der Waals surface area contributed by atoms with Crippen molar-refractivity contribution in [3.05, 3.63) is 48.3 Å².